The maximum atomic E-state index is 14.3. The maximum Gasteiger partial charge on any atom is 0.338 e. The minimum atomic E-state index is -0.793. The number of aromatic nitrogens is 2. The molecule has 0 radical (unpaired) electrons. The van der Waals surface area contributed by atoms with E-state index in [9.17, 15) is 14.9 Å². The van der Waals surface area contributed by atoms with Crippen LogP contribution in [-0.2, 0) is 16.1 Å². The van der Waals surface area contributed by atoms with Gasteiger partial charge < -0.3 is 18.8 Å². The van der Waals surface area contributed by atoms with Gasteiger partial charge in [-0.3, -0.25) is 9.36 Å². The lowest BCUT2D eigenvalue weighted by molar-refractivity contribution is -0.139. The highest BCUT2D eigenvalue weighted by molar-refractivity contribution is 7.07. The fourth-order valence-electron chi connectivity index (χ4n) is 5.93. The van der Waals surface area contributed by atoms with Crippen molar-refractivity contribution in [2.75, 3.05) is 13.7 Å². The highest BCUT2D eigenvalue weighted by atomic mass is 32.1. The number of rotatable bonds is 9. The molecule has 3 heterocycles. The van der Waals surface area contributed by atoms with Crippen LogP contribution in [-0.4, -0.2) is 34.9 Å². The van der Waals surface area contributed by atoms with Gasteiger partial charge in [0.1, 0.15) is 0 Å². The predicted octanol–water partition coefficient (Wildman–Crippen LogP) is 5.47. The number of thiazole rings is 1. The van der Waals surface area contributed by atoms with Gasteiger partial charge >= 0.3 is 5.97 Å². The topological polar surface area (TPSA) is 108 Å². The molecule has 1 aliphatic heterocycles. The molecule has 0 N–H and O–H groups in total. The molecule has 0 spiro atoms. The number of hydrogen-bond donors (Lipinski definition) is 0. The average Bonchev–Trinajstić information content (AvgIpc) is 3.56. The highest BCUT2D eigenvalue weighted by Crippen LogP contribution is 2.36. The van der Waals surface area contributed by atoms with Crippen LogP contribution in [0.3, 0.4) is 0 Å². The third kappa shape index (κ3) is 5.98. The molecule has 0 unspecified atom stereocenters. The normalized spacial score (nSPS) is 14.6. The fourth-order valence-corrected chi connectivity index (χ4v) is 6.96. The van der Waals surface area contributed by atoms with E-state index in [-0.39, 0.29) is 23.8 Å². The zero-order valence-electron chi connectivity index (χ0n) is 26.8. The van der Waals surface area contributed by atoms with Gasteiger partial charge in [-0.05, 0) is 69.2 Å². The van der Waals surface area contributed by atoms with Crippen molar-refractivity contribution in [2.45, 2.75) is 46.4 Å². The van der Waals surface area contributed by atoms with Gasteiger partial charge in [-0.1, -0.05) is 53.8 Å². The molecule has 10 heteroatoms. The van der Waals surface area contributed by atoms with Crippen LogP contribution >= 0.6 is 11.3 Å². The smallest absolute Gasteiger partial charge is 0.338 e. The Morgan fingerprint density at radius 2 is 1.87 bits per heavy atom. The molecule has 1 atom stereocenters. The molecule has 2 aromatic heterocycles. The van der Waals surface area contributed by atoms with Crippen LogP contribution in [0.4, 0.5) is 0 Å². The zero-order valence-corrected chi connectivity index (χ0v) is 27.6. The zero-order chi connectivity index (χ0) is 33.2. The number of methoxy groups -OCH3 is 1. The lowest BCUT2D eigenvalue weighted by atomic mass is 9.95. The number of benzene rings is 3. The van der Waals surface area contributed by atoms with Crippen LogP contribution in [0.5, 0.6) is 11.5 Å². The summed E-state index contributed by atoms with van der Waals surface area (Å²) in [6.45, 7) is 8.04. The number of nitrogens with zero attached hydrogens (tertiary/aromatic N) is 4. The van der Waals surface area contributed by atoms with Crippen LogP contribution in [0.15, 0.2) is 94.0 Å². The van der Waals surface area contributed by atoms with E-state index in [2.05, 4.69) is 10.6 Å². The number of para-hydroxylation sites is 1. The van der Waals surface area contributed by atoms with E-state index in [4.69, 9.17) is 19.2 Å². The molecule has 3 aromatic carbocycles. The molecule has 0 saturated carbocycles. The van der Waals surface area contributed by atoms with Gasteiger partial charge in [0.25, 0.3) is 5.56 Å². The van der Waals surface area contributed by atoms with Crippen molar-refractivity contribution in [1.82, 2.24) is 9.13 Å². The summed E-state index contributed by atoms with van der Waals surface area (Å²) in [5.74, 6) is 0.517. The first-order valence-corrected chi connectivity index (χ1v) is 16.2. The number of hydrogen-bond acceptors (Lipinski definition) is 8. The number of allylic oxidation sites excluding steroid dienone is 1. The maximum absolute atomic E-state index is 14.3. The number of nitriles is 1. The number of carbonyl (C=O) groups excluding carboxylic acids is 1. The quantitative estimate of drug-likeness (QED) is 0.197. The fraction of sp³-hybridized carbons (Fsp3) is 0.243. The second-order valence-electron chi connectivity index (χ2n) is 11.4. The van der Waals surface area contributed by atoms with Crippen molar-refractivity contribution in [3.8, 4) is 17.6 Å². The second-order valence-corrected chi connectivity index (χ2v) is 12.4. The van der Waals surface area contributed by atoms with Crippen molar-refractivity contribution in [3.63, 3.8) is 0 Å². The molecule has 0 fully saturated rings. The molecule has 9 nitrogen and oxygen atoms in total. The van der Waals surface area contributed by atoms with Crippen LogP contribution < -0.4 is 24.4 Å². The van der Waals surface area contributed by atoms with Gasteiger partial charge in [-0.2, -0.15) is 5.26 Å². The Balaban J connectivity index is 1.52. The molecule has 0 aliphatic carbocycles. The summed E-state index contributed by atoms with van der Waals surface area (Å²) in [6, 6.07) is 22.4. The first kappa shape index (κ1) is 31.6. The highest BCUT2D eigenvalue weighted by Gasteiger charge is 2.34. The number of ether oxygens (including phenoxy) is 3. The summed E-state index contributed by atoms with van der Waals surface area (Å²) in [5, 5.41) is 10.6. The Morgan fingerprint density at radius 1 is 1.11 bits per heavy atom. The van der Waals surface area contributed by atoms with Crippen LogP contribution in [0.2, 0.25) is 0 Å². The van der Waals surface area contributed by atoms with E-state index in [1.165, 1.54) is 11.3 Å². The number of esters is 1. The van der Waals surface area contributed by atoms with E-state index in [0.29, 0.717) is 44.2 Å². The summed E-state index contributed by atoms with van der Waals surface area (Å²) in [5.41, 5.74) is 4.52. The Labute approximate surface area is 275 Å². The minimum Gasteiger partial charge on any atom is -0.493 e. The first-order valence-electron chi connectivity index (χ1n) is 15.3. The Kier molecular flexibility index (Phi) is 8.83. The van der Waals surface area contributed by atoms with Gasteiger partial charge in [0, 0.05) is 29.2 Å². The van der Waals surface area contributed by atoms with Crippen LogP contribution in [0, 0.1) is 11.3 Å². The van der Waals surface area contributed by atoms with Crippen molar-refractivity contribution < 1.29 is 19.0 Å². The Bertz CT molecular complexity index is 2270. The summed E-state index contributed by atoms with van der Waals surface area (Å²) < 4.78 is 21.2. The van der Waals surface area contributed by atoms with Gasteiger partial charge in [-0.25, -0.2) is 9.79 Å². The third-order valence-corrected chi connectivity index (χ3v) is 8.95. The molecule has 6 rings (SSSR count). The van der Waals surface area contributed by atoms with Crippen molar-refractivity contribution in [2.24, 2.45) is 4.99 Å². The van der Waals surface area contributed by atoms with Crippen molar-refractivity contribution in [1.29, 1.82) is 5.26 Å². The summed E-state index contributed by atoms with van der Waals surface area (Å²) in [4.78, 5) is 32.9. The monoisotopic (exact) mass is 646 g/mol. The number of carbonyl (C=O) groups is 1. The summed E-state index contributed by atoms with van der Waals surface area (Å²) in [7, 11) is 1.56. The Morgan fingerprint density at radius 3 is 2.62 bits per heavy atom. The molecule has 0 saturated heterocycles. The van der Waals surface area contributed by atoms with Gasteiger partial charge in [0.05, 0.1) is 53.3 Å². The number of fused-ring (bicyclic) bond motifs is 2. The van der Waals surface area contributed by atoms with Crippen molar-refractivity contribution in [3.05, 3.63) is 126 Å². The molecule has 5 aromatic rings. The summed E-state index contributed by atoms with van der Waals surface area (Å²) in [6.07, 6.45) is 3.80. The van der Waals surface area contributed by atoms with Gasteiger partial charge in [0.15, 0.2) is 16.3 Å². The average molecular weight is 647 g/mol. The molecular weight excluding hydrogens is 612 g/mol. The molecule has 47 heavy (non-hydrogen) atoms. The van der Waals surface area contributed by atoms with Gasteiger partial charge in [-0.15, -0.1) is 0 Å². The van der Waals surface area contributed by atoms with Crippen LogP contribution in [0.1, 0.15) is 56.0 Å². The van der Waals surface area contributed by atoms with E-state index in [1.54, 1.807) is 37.7 Å². The molecule has 1 aliphatic rings. The molecule has 0 amide bonds. The minimum absolute atomic E-state index is 0.0725. The largest absolute Gasteiger partial charge is 0.493 e. The van der Waals surface area contributed by atoms with E-state index < -0.39 is 12.0 Å². The molecule has 238 valence electrons. The summed E-state index contributed by atoms with van der Waals surface area (Å²) >= 11 is 1.27. The first-order chi connectivity index (χ1) is 22.7. The van der Waals surface area contributed by atoms with E-state index in [0.717, 1.165) is 22.0 Å². The van der Waals surface area contributed by atoms with Gasteiger partial charge in [0.2, 0.25) is 0 Å². The SMILES string of the molecule is CCOC(=O)C1=C(C)N=c2s/c(=C\c3cn(Cc4ccccc4C#N)c4ccccc34)c(=O)n2[C@@H]1c1ccc(OC(C)C)c(OC)c1. The van der Waals surface area contributed by atoms with E-state index in [1.807, 2.05) is 80.7 Å². The lowest BCUT2D eigenvalue weighted by Crippen LogP contribution is -2.40. The Hall–Kier alpha value is -5.40. The van der Waals surface area contributed by atoms with Crippen molar-refractivity contribution >= 4 is 34.3 Å². The van der Waals surface area contributed by atoms with E-state index >= 15 is 0 Å². The molecular formula is C37H34N4O5S. The predicted molar refractivity (Wildman–Crippen MR) is 181 cm³/mol. The lowest BCUT2D eigenvalue weighted by Gasteiger charge is -2.25. The molecule has 0 bridgehead atoms. The standard InChI is InChI=1S/C37H34N4O5S/c1-6-45-36(43)33-23(4)39-37-41(34(33)24-15-16-30(46-22(2)3)31(17-24)44-5)35(42)32(47-37)18-27-21-40(29-14-10-9-13-28(27)29)20-26-12-8-7-11-25(26)19-38/h7-18,21-22,34H,6,20H2,1-5H3/b32-18-/t34-/m1/s1. The van der Waals surface area contributed by atoms with Crippen LogP contribution in [0.25, 0.3) is 17.0 Å². The second kappa shape index (κ2) is 13.1. The third-order valence-electron chi connectivity index (χ3n) is 7.97.